The van der Waals surface area contributed by atoms with Crippen molar-refractivity contribution in [1.29, 1.82) is 0 Å². The number of amides is 1. The zero-order valence-corrected chi connectivity index (χ0v) is 17.0. The van der Waals surface area contributed by atoms with E-state index in [4.69, 9.17) is 0 Å². The summed E-state index contributed by atoms with van der Waals surface area (Å²) in [6.45, 7) is 4.77. The fourth-order valence-corrected chi connectivity index (χ4v) is 5.32. The number of hydrogen-bond acceptors (Lipinski definition) is 5. The van der Waals surface area contributed by atoms with E-state index < -0.39 is 0 Å². The molecule has 4 nitrogen and oxygen atoms in total. The Kier molecular flexibility index (Phi) is 5.66. The van der Waals surface area contributed by atoms with Crippen LogP contribution in [0.5, 0.6) is 0 Å². The highest BCUT2D eigenvalue weighted by Gasteiger charge is 2.28. The molecule has 3 aromatic rings. The minimum Gasteiger partial charge on any atom is -0.333 e. The molecule has 0 bridgehead atoms. The molecule has 27 heavy (non-hydrogen) atoms. The highest BCUT2D eigenvalue weighted by atomic mass is 32.1. The molecule has 1 saturated heterocycles. The molecule has 2 aromatic heterocycles. The van der Waals surface area contributed by atoms with E-state index in [1.165, 1.54) is 10.4 Å². The van der Waals surface area contributed by atoms with E-state index in [0.29, 0.717) is 5.69 Å². The predicted octanol–water partition coefficient (Wildman–Crippen LogP) is 4.75. The summed E-state index contributed by atoms with van der Waals surface area (Å²) < 4.78 is 0. The van der Waals surface area contributed by atoms with Gasteiger partial charge in [-0.1, -0.05) is 37.3 Å². The summed E-state index contributed by atoms with van der Waals surface area (Å²) in [5.74, 6) is 0.0629. The summed E-state index contributed by atoms with van der Waals surface area (Å²) in [4.78, 5) is 22.1. The van der Waals surface area contributed by atoms with Gasteiger partial charge >= 0.3 is 0 Å². The number of nitrogens with zero attached hydrogens (tertiary/aromatic N) is 2. The van der Waals surface area contributed by atoms with Crippen LogP contribution in [0.15, 0.2) is 47.8 Å². The Labute approximate surface area is 167 Å². The van der Waals surface area contributed by atoms with Crippen molar-refractivity contribution in [2.24, 2.45) is 0 Å². The first-order valence-electron chi connectivity index (χ1n) is 9.39. The molecule has 1 N–H and O–H groups in total. The number of carbonyl (C=O) groups excluding carboxylic acids is 1. The Bertz CT molecular complexity index is 897. The van der Waals surface area contributed by atoms with Gasteiger partial charge in [0.25, 0.3) is 5.91 Å². The highest BCUT2D eigenvalue weighted by molar-refractivity contribution is 7.23. The second-order valence-electron chi connectivity index (χ2n) is 6.71. The molecule has 3 heterocycles. The lowest BCUT2D eigenvalue weighted by atomic mass is 10.2. The van der Waals surface area contributed by atoms with E-state index in [-0.39, 0.29) is 11.9 Å². The summed E-state index contributed by atoms with van der Waals surface area (Å²) in [6.07, 6.45) is 1.98. The second-order valence-corrected chi connectivity index (χ2v) is 8.65. The third kappa shape index (κ3) is 3.98. The first-order chi connectivity index (χ1) is 13.3. The Hall–Kier alpha value is -2.02. The topological polar surface area (TPSA) is 45.2 Å². The molecule has 1 amide bonds. The van der Waals surface area contributed by atoms with Gasteiger partial charge < -0.3 is 10.2 Å². The minimum atomic E-state index is 0.0629. The quantitative estimate of drug-likeness (QED) is 0.653. The molecule has 4 rings (SSSR count). The number of rotatable bonds is 6. The Morgan fingerprint density at radius 2 is 2.04 bits per heavy atom. The molecule has 0 aliphatic carbocycles. The molecule has 140 valence electrons. The minimum absolute atomic E-state index is 0.0629. The number of aromatic nitrogens is 1. The van der Waals surface area contributed by atoms with Crippen LogP contribution in [0.25, 0.3) is 20.3 Å². The normalized spacial score (nSPS) is 16.6. The highest BCUT2D eigenvalue weighted by Crippen LogP contribution is 2.36. The predicted molar refractivity (Wildman–Crippen MR) is 113 cm³/mol. The van der Waals surface area contributed by atoms with Gasteiger partial charge in [0.05, 0.1) is 4.88 Å². The molecular formula is C21H23N3OS2. The molecule has 0 saturated carbocycles. The van der Waals surface area contributed by atoms with Gasteiger partial charge in [-0.05, 0) is 37.1 Å². The molecule has 1 fully saturated rings. The third-order valence-corrected chi connectivity index (χ3v) is 6.94. The van der Waals surface area contributed by atoms with Gasteiger partial charge in [0, 0.05) is 29.4 Å². The molecule has 1 aromatic carbocycles. The number of nitrogens with one attached hydrogen (secondary N) is 1. The van der Waals surface area contributed by atoms with Crippen LogP contribution < -0.4 is 5.32 Å². The number of benzene rings is 1. The van der Waals surface area contributed by atoms with E-state index >= 15 is 0 Å². The number of thiazole rings is 1. The van der Waals surface area contributed by atoms with Gasteiger partial charge in [0.1, 0.15) is 10.7 Å². The largest absolute Gasteiger partial charge is 0.333 e. The monoisotopic (exact) mass is 397 g/mol. The molecule has 0 radical (unpaired) electrons. The van der Waals surface area contributed by atoms with Crippen molar-refractivity contribution in [3.63, 3.8) is 0 Å². The Morgan fingerprint density at radius 1 is 1.22 bits per heavy atom. The van der Waals surface area contributed by atoms with E-state index in [1.807, 2.05) is 16.3 Å². The Morgan fingerprint density at radius 3 is 2.78 bits per heavy atom. The third-order valence-electron chi connectivity index (χ3n) is 4.80. The molecule has 1 atom stereocenters. The van der Waals surface area contributed by atoms with Crippen LogP contribution in [0.4, 0.5) is 0 Å². The fourth-order valence-electron chi connectivity index (χ4n) is 3.44. The van der Waals surface area contributed by atoms with Crippen molar-refractivity contribution in [3.8, 4) is 20.3 Å². The van der Waals surface area contributed by atoms with Gasteiger partial charge in [-0.3, -0.25) is 4.79 Å². The van der Waals surface area contributed by atoms with Gasteiger partial charge in [-0.25, -0.2) is 4.98 Å². The maximum absolute atomic E-state index is 13.0. The van der Waals surface area contributed by atoms with Crippen LogP contribution in [0.1, 0.15) is 30.3 Å². The van der Waals surface area contributed by atoms with Crippen LogP contribution in [0.2, 0.25) is 0 Å². The van der Waals surface area contributed by atoms with Crippen LogP contribution >= 0.6 is 22.7 Å². The van der Waals surface area contributed by atoms with E-state index in [1.54, 1.807) is 22.7 Å². The number of carbonyl (C=O) groups is 1. The molecule has 0 unspecified atom stereocenters. The van der Waals surface area contributed by atoms with Crippen molar-refractivity contribution in [2.75, 3.05) is 19.6 Å². The SMILES string of the molecule is CCCN(C(=O)c1csc(-c2ccc(-c3ccccc3)s2)n1)[C@H]1CCNC1. The van der Waals surface area contributed by atoms with Crippen molar-refractivity contribution in [1.82, 2.24) is 15.2 Å². The van der Waals surface area contributed by atoms with Crippen LogP contribution in [-0.4, -0.2) is 41.5 Å². The molecular weight excluding hydrogens is 374 g/mol. The van der Waals surface area contributed by atoms with Crippen molar-refractivity contribution < 1.29 is 4.79 Å². The molecule has 6 heteroatoms. The summed E-state index contributed by atoms with van der Waals surface area (Å²) in [5, 5.41) is 6.19. The van der Waals surface area contributed by atoms with Gasteiger partial charge in [-0.15, -0.1) is 22.7 Å². The lowest BCUT2D eigenvalue weighted by Gasteiger charge is -2.27. The lowest BCUT2D eigenvalue weighted by Crippen LogP contribution is -2.42. The molecule has 0 spiro atoms. The number of hydrogen-bond donors (Lipinski definition) is 1. The van der Waals surface area contributed by atoms with E-state index in [9.17, 15) is 4.79 Å². The smallest absolute Gasteiger partial charge is 0.273 e. The second kappa shape index (κ2) is 8.33. The van der Waals surface area contributed by atoms with Gasteiger partial charge in [0.15, 0.2) is 0 Å². The summed E-state index contributed by atoms with van der Waals surface area (Å²) in [6, 6.07) is 14.9. The van der Waals surface area contributed by atoms with Gasteiger partial charge in [-0.2, -0.15) is 0 Å². The van der Waals surface area contributed by atoms with Crippen molar-refractivity contribution in [3.05, 3.63) is 53.5 Å². The first-order valence-corrected chi connectivity index (χ1v) is 11.1. The van der Waals surface area contributed by atoms with Gasteiger partial charge in [0.2, 0.25) is 0 Å². The standard InChI is InChI=1S/C21H23N3OS2/c1-2-12-24(16-10-11-22-13-16)21(25)17-14-26-20(23-17)19-9-8-18(27-19)15-6-4-3-5-7-15/h3-9,14,16,22H,2,10-13H2,1H3/t16-/m0/s1. The molecule has 1 aliphatic rings. The van der Waals surface area contributed by atoms with E-state index in [0.717, 1.165) is 42.4 Å². The summed E-state index contributed by atoms with van der Waals surface area (Å²) >= 11 is 3.27. The average molecular weight is 398 g/mol. The first kappa shape index (κ1) is 18.3. The average Bonchev–Trinajstić information content (AvgIpc) is 3.47. The maximum atomic E-state index is 13.0. The number of thiophene rings is 1. The van der Waals surface area contributed by atoms with Crippen LogP contribution in [0.3, 0.4) is 0 Å². The van der Waals surface area contributed by atoms with Crippen LogP contribution in [-0.2, 0) is 0 Å². The van der Waals surface area contributed by atoms with E-state index in [2.05, 4.69) is 53.6 Å². The summed E-state index contributed by atoms with van der Waals surface area (Å²) in [7, 11) is 0. The maximum Gasteiger partial charge on any atom is 0.273 e. The summed E-state index contributed by atoms with van der Waals surface area (Å²) in [5.41, 5.74) is 1.79. The fraction of sp³-hybridized carbons (Fsp3) is 0.333. The Balaban J connectivity index is 1.54. The zero-order chi connectivity index (χ0) is 18.6. The molecule has 1 aliphatic heterocycles. The van der Waals surface area contributed by atoms with Crippen molar-refractivity contribution in [2.45, 2.75) is 25.8 Å². The van der Waals surface area contributed by atoms with Crippen LogP contribution in [0, 0.1) is 0 Å². The zero-order valence-electron chi connectivity index (χ0n) is 15.4. The van der Waals surface area contributed by atoms with Crippen molar-refractivity contribution >= 4 is 28.6 Å². The lowest BCUT2D eigenvalue weighted by molar-refractivity contribution is 0.0687.